The number of hydrogen-bond donors (Lipinski definition) is 0. The Hall–Kier alpha value is -2.97. The highest BCUT2D eigenvalue weighted by Crippen LogP contribution is 2.23. The van der Waals surface area contributed by atoms with Gasteiger partial charge in [-0.05, 0) is 36.8 Å². The van der Waals surface area contributed by atoms with Crippen molar-refractivity contribution in [2.45, 2.75) is 24.2 Å². The molecule has 29 heavy (non-hydrogen) atoms. The van der Waals surface area contributed by atoms with Gasteiger partial charge < -0.3 is 9.26 Å². The zero-order valence-electron chi connectivity index (χ0n) is 15.6. The number of carbonyl (C=O) groups is 1. The number of benzene rings is 2. The standard InChI is InChI=1S/C21H17N3O3S2/c1-14-4-2-3-5-18(14)20-23-19(27-24-20)10-26-21(25)15-6-8-17(9-7-15)29-12-16-11-28-13-22-16/h2-9,11,13H,10,12H2,1H3. The Balaban J connectivity index is 1.32. The van der Waals surface area contributed by atoms with Crippen molar-refractivity contribution in [2.24, 2.45) is 0 Å². The third kappa shape index (κ3) is 4.90. The Morgan fingerprint density at radius 1 is 1.17 bits per heavy atom. The molecule has 2 aromatic carbocycles. The summed E-state index contributed by atoms with van der Waals surface area (Å²) in [6, 6.07) is 15.1. The van der Waals surface area contributed by atoms with E-state index < -0.39 is 5.97 Å². The summed E-state index contributed by atoms with van der Waals surface area (Å²) in [6.07, 6.45) is 0. The molecule has 146 valence electrons. The summed E-state index contributed by atoms with van der Waals surface area (Å²) in [4.78, 5) is 21.9. The highest BCUT2D eigenvalue weighted by molar-refractivity contribution is 7.98. The van der Waals surface area contributed by atoms with Crippen LogP contribution in [0.15, 0.2) is 68.8 Å². The topological polar surface area (TPSA) is 78.1 Å². The lowest BCUT2D eigenvalue weighted by molar-refractivity contribution is 0.0429. The zero-order valence-corrected chi connectivity index (χ0v) is 17.2. The lowest BCUT2D eigenvalue weighted by atomic mass is 10.1. The third-order valence-electron chi connectivity index (χ3n) is 4.14. The van der Waals surface area contributed by atoms with E-state index in [2.05, 4.69) is 15.1 Å². The monoisotopic (exact) mass is 423 g/mol. The quantitative estimate of drug-likeness (QED) is 0.300. The Morgan fingerprint density at radius 3 is 2.76 bits per heavy atom. The van der Waals surface area contributed by atoms with Gasteiger partial charge in [0, 0.05) is 21.6 Å². The summed E-state index contributed by atoms with van der Waals surface area (Å²) in [6.45, 7) is 1.91. The Bertz CT molecular complexity index is 1090. The second-order valence-corrected chi connectivity index (χ2v) is 7.96. The van der Waals surface area contributed by atoms with Gasteiger partial charge >= 0.3 is 5.97 Å². The van der Waals surface area contributed by atoms with E-state index in [1.54, 1.807) is 35.2 Å². The molecule has 8 heteroatoms. The first kappa shape index (κ1) is 19.4. The molecule has 0 fully saturated rings. The van der Waals surface area contributed by atoms with Crippen molar-refractivity contribution in [1.29, 1.82) is 0 Å². The molecule has 4 aromatic rings. The van der Waals surface area contributed by atoms with Crippen LogP contribution in [-0.4, -0.2) is 21.1 Å². The van der Waals surface area contributed by atoms with Gasteiger partial charge in [-0.15, -0.1) is 23.1 Å². The summed E-state index contributed by atoms with van der Waals surface area (Å²) in [7, 11) is 0. The normalized spacial score (nSPS) is 10.8. The predicted molar refractivity (Wildman–Crippen MR) is 112 cm³/mol. The highest BCUT2D eigenvalue weighted by Gasteiger charge is 2.13. The molecule has 0 bridgehead atoms. The Kier molecular flexibility index (Phi) is 6.02. The van der Waals surface area contributed by atoms with Crippen molar-refractivity contribution >= 4 is 29.1 Å². The number of ether oxygens (including phenoxy) is 1. The highest BCUT2D eigenvalue weighted by atomic mass is 32.2. The third-order valence-corrected chi connectivity index (χ3v) is 5.82. The van der Waals surface area contributed by atoms with E-state index in [0.29, 0.717) is 11.4 Å². The summed E-state index contributed by atoms with van der Waals surface area (Å²) in [5.41, 5.74) is 5.28. The first-order valence-corrected chi connectivity index (χ1v) is 10.8. The average molecular weight is 424 g/mol. The number of rotatable bonds is 7. The van der Waals surface area contributed by atoms with Crippen molar-refractivity contribution in [2.75, 3.05) is 0 Å². The van der Waals surface area contributed by atoms with Gasteiger partial charge in [0.05, 0.1) is 16.8 Å². The first-order chi connectivity index (χ1) is 14.2. The number of esters is 1. The summed E-state index contributed by atoms with van der Waals surface area (Å²) < 4.78 is 10.5. The van der Waals surface area contributed by atoms with Crippen LogP contribution < -0.4 is 0 Å². The number of thioether (sulfide) groups is 1. The van der Waals surface area contributed by atoms with Gasteiger partial charge in [-0.25, -0.2) is 9.78 Å². The van der Waals surface area contributed by atoms with Crippen LogP contribution in [0.4, 0.5) is 0 Å². The number of carbonyl (C=O) groups excluding carboxylic acids is 1. The maximum absolute atomic E-state index is 12.3. The van der Waals surface area contributed by atoms with Crippen LogP contribution >= 0.6 is 23.1 Å². The van der Waals surface area contributed by atoms with Crippen LogP contribution in [0.5, 0.6) is 0 Å². The summed E-state index contributed by atoms with van der Waals surface area (Å²) >= 11 is 3.25. The smallest absolute Gasteiger partial charge is 0.338 e. The number of thiazole rings is 1. The number of aryl methyl sites for hydroxylation is 1. The molecule has 0 amide bonds. The van der Waals surface area contributed by atoms with E-state index >= 15 is 0 Å². The van der Waals surface area contributed by atoms with Crippen molar-refractivity contribution < 1.29 is 14.1 Å². The fraction of sp³-hybridized carbons (Fsp3) is 0.143. The molecule has 0 radical (unpaired) electrons. The molecule has 0 N–H and O–H groups in total. The molecular weight excluding hydrogens is 406 g/mol. The van der Waals surface area contributed by atoms with E-state index in [-0.39, 0.29) is 12.5 Å². The molecule has 2 aromatic heterocycles. The molecule has 0 unspecified atom stereocenters. The van der Waals surface area contributed by atoms with E-state index in [9.17, 15) is 4.79 Å². The molecule has 0 aliphatic rings. The molecule has 0 atom stereocenters. The first-order valence-electron chi connectivity index (χ1n) is 8.84. The van der Waals surface area contributed by atoms with Crippen molar-refractivity contribution in [3.63, 3.8) is 0 Å². The minimum Gasteiger partial charge on any atom is -0.452 e. The van der Waals surface area contributed by atoms with E-state index in [4.69, 9.17) is 9.26 Å². The van der Waals surface area contributed by atoms with E-state index in [0.717, 1.165) is 27.5 Å². The maximum atomic E-state index is 12.3. The van der Waals surface area contributed by atoms with Crippen LogP contribution in [0.25, 0.3) is 11.4 Å². The largest absolute Gasteiger partial charge is 0.452 e. The van der Waals surface area contributed by atoms with Gasteiger partial charge in [-0.1, -0.05) is 29.4 Å². The van der Waals surface area contributed by atoms with E-state index in [1.165, 1.54) is 0 Å². The Labute approximate surface area is 176 Å². The lowest BCUT2D eigenvalue weighted by Gasteiger charge is -2.04. The van der Waals surface area contributed by atoms with Gasteiger partial charge in [-0.2, -0.15) is 4.98 Å². The van der Waals surface area contributed by atoms with Crippen LogP contribution in [0.3, 0.4) is 0 Å². The lowest BCUT2D eigenvalue weighted by Crippen LogP contribution is -2.05. The van der Waals surface area contributed by atoms with Gasteiger partial charge in [0.1, 0.15) is 0 Å². The summed E-state index contributed by atoms with van der Waals surface area (Å²) in [5, 5.41) is 6.00. The zero-order chi connectivity index (χ0) is 20.1. The fourth-order valence-corrected chi connectivity index (χ4v) is 4.08. The van der Waals surface area contributed by atoms with Crippen molar-refractivity contribution in [3.8, 4) is 11.4 Å². The van der Waals surface area contributed by atoms with Crippen LogP contribution in [0.2, 0.25) is 0 Å². The molecule has 4 rings (SSSR count). The van der Waals surface area contributed by atoms with Gasteiger partial charge in [-0.3, -0.25) is 0 Å². The minimum absolute atomic E-state index is 0.0714. The molecule has 0 saturated heterocycles. The van der Waals surface area contributed by atoms with Gasteiger partial charge in [0.15, 0.2) is 6.61 Å². The molecule has 0 saturated carbocycles. The van der Waals surface area contributed by atoms with Crippen molar-refractivity contribution in [3.05, 3.63) is 82.1 Å². The molecule has 0 aliphatic heterocycles. The van der Waals surface area contributed by atoms with Crippen LogP contribution in [-0.2, 0) is 17.1 Å². The molecule has 0 aliphatic carbocycles. The SMILES string of the molecule is Cc1ccccc1-c1noc(COC(=O)c2ccc(SCc3cscn3)cc2)n1. The number of aromatic nitrogens is 3. The Morgan fingerprint density at radius 2 is 2.00 bits per heavy atom. The molecular formula is C21H17N3O3S2. The second-order valence-electron chi connectivity index (χ2n) is 6.20. The van der Waals surface area contributed by atoms with E-state index in [1.807, 2.05) is 54.2 Å². The van der Waals surface area contributed by atoms with Crippen molar-refractivity contribution in [1.82, 2.24) is 15.1 Å². The number of nitrogens with zero attached hydrogens (tertiary/aromatic N) is 3. The second kappa shape index (κ2) is 9.02. The molecule has 0 spiro atoms. The van der Waals surface area contributed by atoms with Crippen LogP contribution in [0.1, 0.15) is 27.5 Å². The minimum atomic E-state index is -0.434. The van der Waals surface area contributed by atoms with Crippen LogP contribution in [0, 0.1) is 6.92 Å². The van der Waals surface area contributed by atoms with Gasteiger partial charge in [0.2, 0.25) is 5.82 Å². The average Bonchev–Trinajstić information content (AvgIpc) is 3.43. The fourth-order valence-electron chi connectivity index (χ4n) is 2.61. The number of hydrogen-bond acceptors (Lipinski definition) is 8. The maximum Gasteiger partial charge on any atom is 0.338 e. The predicted octanol–water partition coefficient (Wildman–Crippen LogP) is 5.15. The molecule has 6 nitrogen and oxygen atoms in total. The summed E-state index contributed by atoms with van der Waals surface area (Å²) in [5.74, 6) is 1.10. The molecule has 2 heterocycles. The van der Waals surface area contributed by atoms with Gasteiger partial charge in [0.25, 0.3) is 5.89 Å².